The van der Waals surface area contributed by atoms with Crippen LogP contribution in [0.5, 0.6) is 5.75 Å². The van der Waals surface area contributed by atoms with E-state index in [1.165, 1.54) is 7.11 Å². The molecule has 5 nitrogen and oxygen atoms in total. The molecular formula is C12H12ClNO4. The Balaban J connectivity index is 2.40. The van der Waals surface area contributed by atoms with Gasteiger partial charge in [0.25, 0.3) is 0 Å². The van der Waals surface area contributed by atoms with E-state index in [0.717, 1.165) is 5.56 Å². The number of hydrogen-bond donors (Lipinski definition) is 0. The molecule has 0 aromatic heterocycles. The van der Waals surface area contributed by atoms with Crippen molar-refractivity contribution < 1.29 is 19.1 Å². The van der Waals surface area contributed by atoms with Crippen LogP contribution in [0.15, 0.2) is 12.1 Å². The molecule has 0 N–H and O–H groups in total. The summed E-state index contributed by atoms with van der Waals surface area (Å²) in [6.07, 6.45) is 0. The molecule has 1 aliphatic heterocycles. The Bertz CT molecular complexity index is 499. The number of halogens is 1. The Morgan fingerprint density at radius 2 is 1.89 bits per heavy atom. The van der Waals surface area contributed by atoms with E-state index in [4.69, 9.17) is 16.3 Å². The van der Waals surface area contributed by atoms with Crippen molar-refractivity contribution in [3.05, 3.63) is 22.7 Å². The molecule has 0 amide bonds. The van der Waals surface area contributed by atoms with Crippen LogP contribution in [0.2, 0.25) is 5.02 Å². The van der Waals surface area contributed by atoms with Crippen LogP contribution in [-0.2, 0) is 14.3 Å². The molecule has 0 unspecified atom stereocenters. The third kappa shape index (κ3) is 2.41. The number of aryl methyl sites for hydroxylation is 1. The second-order valence-corrected chi connectivity index (χ2v) is 4.38. The van der Waals surface area contributed by atoms with Gasteiger partial charge in [-0.15, -0.1) is 0 Å². The van der Waals surface area contributed by atoms with Gasteiger partial charge in [-0.3, -0.25) is 0 Å². The number of carbonyl (C=O) groups is 2. The Morgan fingerprint density at radius 3 is 2.44 bits per heavy atom. The fourth-order valence-electron chi connectivity index (χ4n) is 1.79. The van der Waals surface area contributed by atoms with Crippen LogP contribution in [0, 0.1) is 6.92 Å². The zero-order valence-electron chi connectivity index (χ0n) is 10.0. The lowest BCUT2D eigenvalue weighted by Crippen LogP contribution is -2.43. The van der Waals surface area contributed by atoms with E-state index in [-0.39, 0.29) is 13.1 Å². The molecular weight excluding hydrogens is 258 g/mol. The lowest BCUT2D eigenvalue weighted by Gasteiger charge is -2.28. The van der Waals surface area contributed by atoms with Gasteiger partial charge in [-0.1, -0.05) is 11.6 Å². The summed E-state index contributed by atoms with van der Waals surface area (Å²) in [4.78, 5) is 24.1. The van der Waals surface area contributed by atoms with Crippen LogP contribution < -0.4 is 9.64 Å². The van der Waals surface area contributed by atoms with Crippen molar-refractivity contribution in [1.82, 2.24) is 0 Å². The van der Waals surface area contributed by atoms with E-state index < -0.39 is 11.9 Å². The fourth-order valence-corrected chi connectivity index (χ4v) is 1.94. The molecule has 1 heterocycles. The molecule has 0 saturated carbocycles. The lowest BCUT2D eigenvalue weighted by atomic mass is 10.1. The average Bonchev–Trinajstić information content (AvgIpc) is 2.30. The molecule has 1 aliphatic rings. The second kappa shape index (κ2) is 4.86. The number of benzene rings is 1. The van der Waals surface area contributed by atoms with Crippen molar-refractivity contribution in [3.63, 3.8) is 0 Å². The monoisotopic (exact) mass is 269 g/mol. The number of morpholine rings is 1. The third-order valence-electron chi connectivity index (χ3n) is 2.67. The number of rotatable bonds is 2. The number of carbonyl (C=O) groups excluding carboxylic acids is 2. The van der Waals surface area contributed by atoms with E-state index in [9.17, 15) is 9.59 Å². The minimum Gasteiger partial charge on any atom is -0.495 e. The summed E-state index contributed by atoms with van der Waals surface area (Å²) in [7, 11) is 1.51. The van der Waals surface area contributed by atoms with Crippen molar-refractivity contribution in [3.8, 4) is 5.75 Å². The van der Waals surface area contributed by atoms with Gasteiger partial charge in [0, 0.05) is 11.1 Å². The number of ether oxygens (including phenoxy) is 2. The number of cyclic esters (lactones) is 2. The first kappa shape index (κ1) is 12.7. The van der Waals surface area contributed by atoms with Gasteiger partial charge in [-0.25, -0.2) is 9.59 Å². The maximum absolute atomic E-state index is 11.3. The zero-order chi connectivity index (χ0) is 13.3. The normalized spacial score (nSPS) is 15.6. The molecule has 1 saturated heterocycles. The number of hydrogen-bond acceptors (Lipinski definition) is 5. The maximum Gasteiger partial charge on any atom is 0.333 e. The van der Waals surface area contributed by atoms with Crippen molar-refractivity contribution >= 4 is 29.2 Å². The third-order valence-corrected chi connectivity index (χ3v) is 3.08. The van der Waals surface area contributed by atoms with E-state index in [1.54, 1.807) is 17.0 Å². The Hall–Kier alpha value is -1.75. The Kier molecular flexibility index (Phi) is 3.43. The van der Waals surface area contributed by atoms with Crippen molar-refractivity contribution in [2.45, 2.75) is 6.92 Å². The summed E-state index contributed by atoms with van der Waals surface area (Å²) in [6.45, 7) is 1.88. The zero-order valence-corrected chi connectivity index (χ0v) is 10.8. The first-order valence-corrected chi connectivity index (χ1v) is 5.71. The molecule has 2 rings (SSSR count). The molecule has 0 bridgehead atoms. The van der Waals surface area contributed by atoms with Gasteiger partial charge in [0.15, 0.2) is 0 Å². The highest BCUT2D eigenvalue weighted by atomic mass is 35.5. The molecule has 0 spiro atoms. The fraction of sp³-hybridized carbons (Fsp3) is 0.333. The van der Waals surface area contributed by atoms with E-state index >= 15 is 0 Å². The molecule has 1 aromatic carbocycles. The largest absolute Gasteiger partial charge is 0.495 e. The van der Waals surface area contributed by atoms with E-state index in [2.05, 4.69) is 4.74 Å². The highest BCUT2D eigenvalue weighted by molar-refractivity contribution is 6.31. The maximum atomic E-state index is 11.3. The molecule has 6 heteroatoms. The summed E-state index contributed by atoms with van der Waals surface area (Å²) >= 11 is 6.00. The van der Waals surface area contributed by atoms with Gasteiger partial charge in [0.1, 0.15) is 18.8 Å². The summed E-state index contributed by atoms with van der Waals surface area (Å²) in [6, 6.07) is 3.45. The van der Waals surface area contributed by atoms with Crippen molar-refractivity contribution in [1.29, 1.82) is 0 Å². The number of anilines is 1. The molecule has 96 valence electrons. The van der Waals surface area contributed by atoms with Crippen LogP contribution in [-0.4, -0.2) is 32.1 Å². The Labute approximate surface area is 109 Å². The van der Waals surface area contributed by atoms with E-state index in [1.807, 2.05) is 6.92 Å². The van der Waals surface area contributed by atoms with Crippen molar-refractivity contribution in [2.75, 3.05) is 25.1 Å². The predicted octanol–water partition coefficient (Wildman–Crippen LogP) is 1.55. The molecule has 0 radical (unpaired) electrons. The number of methoxy groups -OCH3 is 1. The van der Waals surface area contributed by atoms with Crippen LogP contribution in [0.3, 0.4) is 0 Å². The molecule has 0 atom stereocenters. The van der Waals surface area contributed by atoms with Gasteiger partial charge in [-0.2, -0.15) is 0 Å². The standard InChI is InChI=1S/C12H12ClNO4/c1-7-3-9(10(17-2)4-8(7)13)14-5-11(15)18-12(16)6-14/h3-4H,5-6H2,1-2H3. The van der Waals surface area contributed by atoms with Crippen LogP contribution in [0.4, 0.5) is 5.69 Å². The van der Waals surface area contributed by atoms with Crippen molar-refractivity contribution in [2.24, 2.45) is 0 Å². The number of nitrogens with zero attached hydrogens (tertiary/aromatic N) is 1. The first-order chi connectivity index (χ1) is 8.51. The molecule has 1 aromatic rings. The highest BCUT2D eigenvalue weighted by Gasteiger charge is 2.27. The molecule has 1 fully saturated rings. The lowest BCUT2D eigenvalue weighted by molar-refractivity contribution is -0.160. The van der Waals surface area contributed by atoms with Gasteiger partial charge in [-0.05, 0) is 18.6 Å². The highest BCUT2D eigenvalue weighted by Crippen LogP contribution is 2.34. The van der Waals surface area contributed by atoms with Crippen LogP contribution in [0.1, 0.15) is 5.56 Å². The quantitative estimate of drug-likeness (QED) is 0.602. The average molecular weight is 270 g/mol. The van der Waals surface area contributed by atoms with Gasteiger partial charge < -0.3 is 14.4 Å². The van der Waals surface area contributed by atoms with E-state index in [0.29, 0.717) is 16.5 Å². The van der Waals surface area contributed by atoms with Gasteiger partial charge in [0.2, 0.25) is 0 Å². The topological polar surface area (TPSA) is 55.8 Å². The molecule has 0 aliphatic carbocycles. The second-order valence-electron chi connectivity index (χ2n) is 3.98. The minimum atomic E-state index is -0.569. The predicted molar refractivity (Wildman–Crippen MR) is 66.1 cm³/mol. The van der Waals surface area contributed by atoms with Crippen LogP contribution >= 0.6 is 11.6 Å². The smallest absolute Gasteiger partial charge is 0.333 e. The minimum absolute atomic E-state index is 0.0170. The number of esters is 2. The SMILES string of the molecule is COc1cc(Cl)c(C)cc1N1CC(=O)OC(=O)C1. The van der Waals surface area contributed by atoms with Gasteiger partial charge in [0.05, 0.1) is 12.8 Å². The molecule has 18 heavy (non-hydrogen) atoms. The first-order valence-electron chi connectivity index (χ1n) is 5.34. The summed E-state index contributed by atoms with van der Waals surface area (Å²) in [5, 5.41) is 0.571. The Morgan fingerprint density at radius 1 is 1.28 bits per heavy atom. The summed E-state index contributed by atoms with van der Waals surface area (Å²) in [5.41, 5.74) is 1.50. The van der Waals surface area contributed by atoms with Gasteiger partial charge >= 0.3 is 11.9 Å². The van der Waals surface area contributed by atoms with Crippen LogP contribution in [0.25, 0.3) is 0 Å². The summed E-state index contributed by atoms with van der Waals surface area (Å²) < 4.78 is 9.69. The summed E-state index contributed by atoms with van der Waals surface area (Å²) in [5.74, 6) is -0.616.